The highest BCUT2D eigenvalue weighted by molar-refractivity contribution is 6.36. The summed E-state index contributed by atoms with van der Waals surface area (Å²) in [6.07, 6.45) is 3.80. The lowest BCUT2D eigenvalue weighted by atomic mass is 9.49. The van der Waals surface area contributed by atoms with Crippen LogP contribution in [0.5, 0.6) is 17.2 Å². The number of benzene rings is 4. The standard InChI is InChI=1S/C46H44Cl2N4O7/c1-58-31-12-9-28(10-13-31)46-35(43(55)52(45(46)57)49-37-16-11-29(47)23-36(37)48)24-34-32(41(46)27-8-17-39(59-2)38(53)22-27)14-15-33-40(34)44(56)51(42(33)54)30-18-20-50(21-19-30)25-26-6-4-3-5-7-26/h3-14,16-17,22-23,30,33-35,40-41,49,53H,15,18-21,24-25H2,1-2H3/t33-,34+,35-,40-,41-,46+/m0/s1. The molecule has 11 nitrogen and oxygen atoms in total. The van der Waals surface area contributed by atoms with Crippen LogP contribution in [0.3, 0.4) is 0 Å². The molecular weight excluding hydrogens is 791 g/mol. The molecule has 0 bridgehead atoms. The average molecular weight is 836 g/mol. The number of halogens is 2. The minimum atomic E-state index is -1.55. The third-order valence-electron chi connectivity index (χ3n) is 13.3. The molecule has 3 saturated heterocycles. The lowest BCUT2D eigenvalue weighted by molar-refractivity contribution is -0.144. The van der Waals surface area contributed by atoms with E-state index < -0.39 is 46.8 Å². The second kappa shape index (κ2) is 15.3. The molecule has 1 saturated carbocycles. The number of hydrazine groups is 1. The molecule has 4 fully saturated rings. The van der Waals surface area contributed by atoms with Gasteiger partial charge in [-0.25, -0.2) is 0 Å². The zero-order valence-electron chi connectivity index (χ0n) is 32.6. The van der Waals surface area contributed by atoms with Gasteiger partial charge in [0.05, 0.1) is 48.1 Å². The van der Waals surface area contributed by atoms with Crippen LogP contribution in [-0.4, -0.2) is 76.9 Å². The monoisotopic (exact) mass is 834 g/mol. The zero-order chi connectivity index (χ0) is 41.2. The fourth-order valence-electron chi connectivity index (χ4n) is 10.7. The van der Waals surface area contributed by atoms with Crippen LogP contribution in [0, 0.1) is 23.7 Å². The normalized spacial score (nSPS) is 27.0. The van der Waals surface area contributed by atoms with Crippen molar-refractivity contribution in [2.45, 2.75) is 49.6 Å². The molecule has 4 amide bonds. The second-order valence-corrected chi connectivity index (χ2v) is 17.0. The molecule has 0 aromatic heterocycles. The van der Waals surface area contributed by atoms with Crippen molar-refractivity contribution in [1.82, 2.24) is 14.8 Å². The number of methoxy groups -OCH3 is 2. The van der Waals surface area contributed by atoms with Crippen molar-refractivity contribution in [2.24, 2.45) is 23.7 Å². The van der Waals surface area contributed by atoms with Crippen molar-refractivity contribution < 1.29 is 33.8 Å². The molecule has 0 unspecified atom stereocenters. The Morgan fingerprint density at radius 3 is 2.25 bits per heavy atom. The van der Waals surface area contributed by atoms with Gasteiger partial charge in [-0.15, -0.1) is 0 Å². The third-order valence-corrected chi connectivity index (χ3v) is 13.9. The van der Waals surface area contributed by atoms with Crippen molar-refractivity contribution in [3.8, 4) is 17.2 Å². The van der Waals surface area contributed by atoms with Crippen LogP contribution in [0.2, 0.25) is 10.0 Å². The van der Waals surface area contributed by atoms with Crippen LogP contribution in [0.1, 0.15) is 48.3 Å². The summed E-state index contributed by atoms with van der Waals surface area (Å²) in [6.45, 7) is 2.31. The Morgan fingerprint density at radius 2 is 1.58 bits per heavy atom. The summed E-state index contributed by atoms with van der Waals surface area (Å²) in [5.41, 5.74) is 4.90. The first-order valence-electron chi connectivity index (χ1n) is 20.0. The second-order valence-electron chi connectivity index (χ2n) is 16.2. The first-order valence-corrected chi connectivity index (χ1v) is 20.7. The summed E-state index contributed by atoms with van der Waals surface area (Å²) < 4.78 is 10.9. The lowest BCUT2D eigenvalue weighted by Gasteiger charge is -2.50. The number of phenols is 1. The minimum Gasteiger partial charge on any atom is -0.504 e. The molecule has 304 valence electrons. The highest BCUT2D eigenvalue weighted by atomic mass is 35.5. The smallest absolute Gasteiger partial charge is 0.260 e. The number of carbonyl (C=O) groups excluding carboxylic acids is 4. The molecule has 13 heteroatoms. The number of hydrogen-bond acceptors (Lipinski definition) is 9. The first kappa shape index (κ1) is 39.1. The summed E-state index contributed by atoms with van der Waals surface area (Å²) in [4.78, 5) is 63.7. The van der Waals surface area contributed by atoms with Gasteiger partial charge in [0.1, 0.15) is 5.75 Å². The van der Waals surface area contributed by atoms with Gasteiger partial charge in [-0.05, 0) is 90.8 Å². The number of aromatic hydroxyl groups is 1. The number of allylic oxidation sites excluding steroid dienone is 2. The Balaban J connectivity index is 1.13. The topological polar surface area (TPSA) is 129 Å². The minimum absolute atomic E-state index is 0.136. The Hall–Kier alpha value is -5.36. The zero-order valence-corrected chi connectivity index (χ0v) is 34.2. The number of hydrogen-bond donors (Lipinski definition) is 2. The molecule has 6 atom stereocenters. The van der Waals surface area contributed by atoms with E-state index in [9.17, 15) is 14.7 Å². The van der Waals surface area contributed by atoms with Gasteiger partial charge in [0.2, 0.25) is 11.8 Å². The predicted molar refractivity (Wildman–Crippen MR) is 222 cm³/mol. The van der Waals surface area contributed by atoms with E-state index in [-0.39, 0.29) is 40.8 Å². The van der Waals surface area contributed by atoms with Crippen molar-refractivity contribution in [2.75, 3.05) is 32.7 Å². The van der Waals surface area contributed by atoms with E-state index in [0.717, 1.165) is 30.2 Å². The molecule has 0 radical (unpaired) electrons. The fraction of sp³-hybridized carbons (Fsp3) is 0.348. The van der Waals surface area contributed by atoms with Crippen molar-refractivity contribution in [3.05, 3.63) is 129 Å². The Kier molecular flexibility index (Phi) is 10.2. The predicted octanol–water partition coefficient (Wildman–Crippen LogP) is 7.37. The van der Waals surface area contributed by atoms with Crippen LogP contribution in [0.25, 0.3) is 0 Å². The van der Waals surface area contributed by atoms with Gasteiger partial charge in [0.25, 0.3) is 11.8 Å². The number of carbonyl (C=O) groups is 4. The van der Waals surface area contributed by atoms with Crippen LogP contribution in [0.15, 0.2) is 103 Å². The van der Waals surface area contributed by atoms with E-state index in [4.69, 9.17) is 32.7 Å². The summed E-state index contributed by atoms with van der Waals surface area (Å²) in [5.74, 6) is -4.43. The van der Waals surface area contributed by atoms with E-state index >= 15 is 9.59 Å². The Labute approximate surface area is 352 Å². The molecule has 4 aromatic carbocycles. The number of piperidine rings is 1. The van der Waals surface area contributed by atoms with Crippen molar-refractivity contribution in [3.63, 3.8) is 0 Å². The number of anilines is 1. The molecular formula is C46H44Cl2N4O7. The summed E-state index contributed by atoms with van der Waals surface area (Å²) in [5, 5.41) is 12.9. The Bertz CT molecular complexity index is 2370. The van der Waals surface area contributed by atoms with E-state index in [0.29, 0.717) is 46.8 Å². The van der Waals surface area contributed by atoms with Crippen molar-refractivity contribution in [1.29, 1.82) is 0 Å². The van der Waals surface area contributed by atoms with E-state index in [1.54, 1.807) is 61.7 Å². The molecule has 9 rings (SSSR count). The van der Waals surface area contributed by atoms with Crippen LogP contribution in [-0.2, 0) is 31.1 Å². The number of amides is 4. The van der Waals surface area contributed by atoms with Gasteiger partial charge in [0, 0.05) is 36.6 Å². The molecule has 4 aromatic rings. The molecule has 2 aliphatic carbocycles. The number of rotatable bonds is 9. The molecule has 59 heavy (non-hydrogen) atoms. The van der Waals surface area contributed by atoms with Gasteiger partial charge in [-0.3, -0.25) is 34.4 Å². The van der Waals surface area contributed by atoms with Gasteiger partial charge in [0.15, 0.2) is 11.5 Å². The summed E-state index contributed by atoms with van der Waals surface area (Å²) >= 11 is 12.8. The van der Waals surface area contributed by atoms with Crippen LogP contribution >= 0.6 is 23.2 Å². The quantitative estimate of drug-likeness (QED) is 0.131. The number of nitrogens with one attached hydrogen (secondary N) is 1. The van der Waals surface area contributed by atoms with E-state index in [1.165, 1.54) is 23.6 Å². The first-order chi connectivity index (χ1) is 28.5. The molecule has 3 heterocycles. The number of nitrogens with zero attached hydrogens (tertiary/aromatic N) is 3. The summed E-state index contributed by atoms with van der Waals surface area (Å²) in [7, 11) is 3.01. The maximum Gasteiger partial charge on any atom is 0.260 e. The number of fused-ring (bicyclic) bond motifs is 4. The average Bonchev–Trinajstić information content (AvgIpc) is 3.62. The molecule has 3 aliphatic heterocycles. The van der Waals surface area contributed by atoms with Gasteiger partial charge in [-0.1, -0.05) is 83.4 Å². The number of imide groups is 2. The number of phenolic OH excluding ortho intramolecular Hbond substituents is 1. The maximum atomic E-state index is 15.5. The lowest BCUT2D eigenvalue weighted by Crippen LogP contribution is -2.53. The number of likely N-dealkylation sites (tertiary alicyclic amines) is 2. The molecule has 2 N–H and O–H groups in total. The molecule has 0 spiro atoms. The van der Waals surface area contributed by atoms with Crippen molar-refractivity contribution >= 4 is 52.5 Å². The third kappa shape index (κ3) is 6.36. The highest BCUT2D eigenvalue weighted by Crippen LogP contribution is 2.64. The largest absolute Gasteiger partial charge is 0.504 e. The van der Waals surface area contributed by atoms with Crippen LogP contribution < -0.4 is 14.9 Å². The van der Waals surface area contributed by atoms with Gasteiger partial charge >= 0.3 is 0 Å². The maximum absolute atomic E-state index is 15.5. The Morgan fingerprint density at radius 1 is 0.831 bits per heavy atom. The van der Waals surface area contributed by atoms with E-state index in [1.807, 2.05) is 24.3 Å². The van der Waals surface area contributed by atoms with Gasteiger partial charge < -0.3 is 14.6 Å². The van der Waals surface area contributed by atoms with Gasteiger partial charge in [-0.2, -0.15) is 5.01 Å². The molecule has 5 aliphatic rings. The SMILES string of the molecule is COc1ccc([C@@]23C(=O)N(Nc4ccc(Cl)cc4Cl)C(=O)[C@@H]2C[C@@H]2C(=CC[C@@H]4C(=O)N(C5CCN(Cc6ccccc6)CC5)C(=O)[C@@H]42)[C@@H]3c2ccc(OC)c(O)c2)cc1. The fourth-order valence-corrected chi connectivity index (χ4v) is 11.1. The van der Waals surface area contributed by atoms with E-state index in [2.05, 4.69) is 22.5 Å². The number of ether oxygens (including phenoxy) is 2. The summed E-state index contributed by atoms with van der Waals surface area (Å²) in [6, 6.07) is 26.9. The van der Waals surface area contributed by atoms with Crippen LogP contribution in [0.4, 0.5) is 5.69 Å². The highest BCUT2D eigenvalue weighted by Gasteiger charge is 2.70.